The molecule has 0 radical (unpaired) electrons. The Labute approximate surface area is 143 Å². The van der Waals surface area contributed by atoms with Crippen molar-refractivity contribution in [3.05, 3.63) is 22.1 Å². The van der Waals surface area contributed by atoms with Crippen molar-refractivity contribution in [3.63, 3.8) is 0 Å². The minimum Gasteiger partial charge on any atom is -0.147 e. The molecule has 1 aliphatic rings. The molecular formula is C15H34Cl3NTi. The van der Waals surface area contributed by atoms with Gasteiger partial charge >= 0.3 is 107 Å². The van der Waals surface area contributed by atoms with Crippen molar-refractivity contribution >= 4 is 37.2 Å². The van der Waals surface area contributed by atoms with Crippen molar-refractivity contribution < 1.29 is 14.0 Å². The van der Waals surface area contributed by atoms with Gasteiger partial charge in [-0.2, -0.15) is 0 Å². The van der Waals surface area contributed by atoms with Gasteiger partial charge < -0.3 is 0 Å². The van der Waals surface area contributed by atoms with Gasteiger partial charge in [-0.1, -0.05) is 0 Å². The molecule has 0 N–H and O–H groups in total. The third kappa shape index (κ3) is 6.86. The van der Waals surface area contributed by atoms with Crippen LogP contribution >= 0.6 is 37.2 Å². The summed E-state index contributed by atoms with van der Waals surface area (Å²) < 4.78 is 3.13. The van der Waals surface area contributed by atoms with Gasteiger partial charge in [-0.15, -0.1) is 37.2 Å². The third-order valence-electron chi connectivity index (χ3n) is 4.73. The topological polar surface area (TPSA) is 3.24 Å². The molecule has 0 bridgehead atoms. The molecule has 0 amide bonds. The van der Waals surface area contributed by atoms with Gasteiger partial charge in [0.1, 0.15) is 0 Å². The first kappa shape index (κ1) is 25.9. The van der Waals surface area contributed by atoms with E-state index in [9.17, 15) is 0 Å². The second-order valence-corrected chi connectivity index (χ2v) is 27.9. The van der Waals surface area contributed by atoms with Crippen molar-refractivity contribution in [1.29, 1.82) is 0 Å². The van der Waals surface area contributed by atoms with E-state index in [1.54, 1.807) is 3.88 Å². The molecule has 0 atom stereocenters. The molecule has 1 aliphatic carbocycles. The van der Waals surface area contributed by atoms with Gasteiger partial charge in [0.25, 0.3) is 0 Å². The fourth-order valence-corrected chi connectivity index (χ4v) is 8.31. The van der Waals surface area contributed by atoms with Crippen LogP contribution in [-0.2, 0) is 14.0 Å². The van der Waals surface area contributed by atoms with Crippen LogP contribution in [0, 0.1) is 0 Å². The molecule has 1 rings (SSSR count). The SMILES string of the molecule is CCN(CC)C[CH2][Ti]([CH3])([CH3])([CH3])([CH3])[C]1=CC=CC1.Cl.Cl.Cl. The Morgan fingerprint density at radius 2 is 1.50 bits per heavy atom. The Bertz CT molecular complexity index is 350. The average molecular weight is 383 g/mol. The Hall–Kier alpha value is 1.02. The zero-order valence-corrected chi connectivity index (χ0v) is 18.0. The normalized spacial score (nSPS) is 17.2. The number of halogens is 3. The summed E-state index contributed by atoms with van der Waals surface area (Å²) in [5.41, 5.74) is 0. The third-order valence-corrected chi connectivity index (χ3v) is 13.9. The van der Waals surface area contributed by atoms with E-state index in [1.807, 2.05) is 0 Å². The molecule has 0 aromatic heterocycles. The summed E-state index contributed by atoms with van der Waals surface area (Å²) >= 11 is -2.90. The number of rotatable bonds is 6. The molecule has 124 valence electrons. The first-order valence-electron chi connectivity index (χ1n) is 7.18. The smallest absolute Gasteiger partial charge is 0.147 e. The van der Waals surface area contributed by atoms with Crippen molar-refractivity contribution in [1.82, 2.24) is 4.90 Å². The minimum atomic E-state index is -2.90. The summed E-state index contributed by atoms with van der Waals surface area (Å²) in [5, 5.41) is 10.4. The molecule has 0 aromatic rings. The number of allylic oxidation sites excluding steroid dienone is 4. The molecule has 0 saturated carbocycles. The molecule has 0 spiro atoms. The van der Waals surface area contributed by atoms with Gasteiger partial charge in [0.05, 0.1) is 0 Å². The first-order valence-corrected chi connectivity index (χ1v) is 15.3. The average Bonchev–Trinajstić information content (AvgIpc) is 2.71. The van der Waals surface area contributed by atoms with Gasteiger partial charge in [0.2, 0.25) is 0 Å². The van der Waals surface area contributed by atoms with Crippen LogP contribution in [0.2, 0.25) is 25.6 Å². The molecule has 20 heavy (non-hydrogen) atoms. The van der Waals surface area contributed by atoms with E-state index in [4.69, 9.17) is 0 Å². The van der Waals surface area contributed by atoms with Crippen molar-refractivity contribution in [2.75, 3.05) is 19.6 Å². The van der Waals surface area contributed by atoms with Crippen LogP contribution in [-0.4, -0.2) is 24.5 Å². The Kier molecular flexibility index (Phi) is 10.4. The zero-order chi connectivity index (χ0) is 13.2. The molecule has 0 aliphatic heterocycles. The van der Waals surface area contributed by atoms with E-state index < -0.39 is 14.0 Å². The molecule has 0 unspecified atom stereocenters. The Morgan fingerprint density at radius 1 is 1.00 bits per heavy atom. The fraction of sp³-hybridized carbons (Fsp3) is 0.733. The van der Waals surface area contributed by atoms with Gasteiger partial charge in [-0.25, -0.2) is 0 Å². The van der Waals surface area contributed by atoms with Crippen LogP contribution in [0.25, 0.3) is 0 Å². The quantitative estimate of drug-likeness (QED) is 0.489. The maximum atomic E-state index is 2.60. The van der Waals surface area contributed by atoms with Crippen LogP contribution in [0.15, 0.2) is 22.1 Å². The Balaban J connectivity index is -0.000000963. The summed E-state index contributed by atoms with van der Waals surface area (Å²) in [7, 11) is 0. The van der Waals surface area contributed by atoms with Crippen LogP contribution in [0.5, 0.6) is 0 Å². The second-order valence-electron chi connectivity index (χ2n) is 8.69. The summed E-state index contributed by atoms with van der Waals surface area (Å²) in [5.74, 6) is 0. The first-order chi connectivity index (χ1) is 7.61. The van der Waals surface area contributed by atoms with E-state index >= 15 is 0 Å². The predicted octanol–water partition coefficient (Wildman–Crippen LogP) is 6.27. The maximum Gasteiger partial charge on any atom is -0.147 e. The van der Waals surface area contributed by atoms with Gasteiger partial charge in [0, 0.05) is 0 Å². The fourth-order valence-electron chi connectivity index (χ4n) is 2.68. The van der Waals surface area contributed by atoms with Gasteiger partial charge in [0.15, 0.2) is 0 Å². The van der Waals surface area contributed by atoms with E-state index in [0.717, 1.165) is 0 Å². The second kappa shape index (κ2) is 8.04. The molecular weight excluding hydrogens is 348 g/mol. The monoisotopic (exact) mass is 381 g/mol. The zero-order valence-electron chi connectivity index (χ0n) is 13.9. The molecule has 0 saturated heterocycles. The number of hydrogen-bond donors (Lipinski definition) is 0. The standard InChI is InChI=1S/C6H14N.C5H5.4CH3.3ClH.Ti/c1-4-7(5-2)6-3;1-2-4-5-3-1;;;;;;;;/h1,4-6H2,2-3H3;1-3H,4H2;4*1H3;3*1H;. The molecule has 0 aromatic carbocycles. The Morgan fingerprint density at radius 3 is 1.85 bits per heavy atom. The molecule has 5 heteroatoms. The van der Waals surface area contributed by atoms with Crippen LogP contribution in [0.4, 0.5) is 0 Å². The van der Waals surface area contributed by atoms with Crippen LogP contribution < -0.4 is 0 Å². The summed E-state index contributed by atoms with van der Waals surface area (Å²) in [6, 6.07) is 0. The maximum absolute atomic E-state index is 2.90. The van der Waals surface area contributed by atoms with Gasteiger partial charge in [-0.05, 0) is 0 Å². The van der Waals surface area contributed by atoms with Crippen LogP contribution in [0.3, 0.4) is 0 Å². The number of nitrogens with zero attached hydrogens (tertiary/aromatic N) is 1. The number of hydrogen-bond acceptors (Lipinski definition) is 1. The van der Waals surface area contributed by atoms with Crippen molar-refractivity contribution in [2.24, 2.45) is 0 Å². The summed E-state index contributed by atoms with van der Waals surface area (Å²) in [6.07, 6.45) is 8.16. The van der Waals surface area contributed by atoms with E-state index in [0.29, 0.717) is 0 Å². The molecule has 1 nitrogen and oxygen atoms in total. The van der Waals surface area contributed by atoms with Gasteiger partial charge in [-0.3, -0.25) is 0 Å². The van der Waals surface area contributed by atoms with E-state index in [2.05, 4.69) is 57.9 Å². The van der Waals surface area contributed by atoms with E-state index in [1.165, 1.54) is 30.8 Å². The van der Waals surface area contributed by atoms with E-state index in [-0.39, 0.29) is 37.2 Å². The molecule has 0 fully saturated rings. The summed E-state index contributed by atoms with van der Waals surface area (Å²) in [6.45, 7) is 8.15. The summed E-state index contributed by atoms with van der Waals surface area (Å²) in [4.78, 5) is 2.56. The molecule has 0 heterocycles. The van der Waals surface area contributed by atoms with Crippen molar-refractivity contribution in [2.45, 2.75) is 45.9 Å². The minimum absolute atomic E-state index is 0. The van der Waals surface area contributed by atoms with Crippen LogP contribution in [0.1, 0.15) is 20.3 Å². The predicted molar refractivity (Wildman–Crippen MR) is 99.6 cm³/mol. The largest absolute Gasteiger partial charge is 0.147 e. The van der Waals surface area contributed by atoms with Crippen molar-refractivity contribution in [3.8, 4) is 0 Å².